The third kappa shape index (κ3) is 7.98. The van der Waals surface area contributed by atoms with E-state index in [4.69, 9.17) is 4.74 Å². The summed E-state index contributed by atoms with van der Waals surface area (Å²) in [5.41, 5.74) is 2.50. The fraction of sp³-hybridized carbons (Fsp3) is 0.333. The molecule has 3 nitrogen and oxygen atoms in total. The summed E-state index contributed by atoms with van der Waals surface area (Å²) in [6.07, 6.45) is 11.8. The molecule has 5 heteroatoms. The molecule has 0 aliphatic rings. The van der Waals surface area contributed by atoms with Crippen LogP contribution in [0, 0.1) is 11.6 Å². The summed E-state index contributed by atoms with van der Waals surface area (Å²) >= 11 is 0. The predicted octanol–water partition coefficient (Wildman–Crippen LogP) is 6.50. The Morgan fingerprint density at radius 3 is 2.14 bits per heavy atom. The number of hydrogen-bond acceptors (Lipinski definition) is 3. The Labute approximate surface area is 171 Å². The lowest BCUT2D eigenvalue weighted by Gasteiger charge is -2.06. The molecule has 2 aromatic rings. The van der Waals surface area contributed by atoms with Gasteiger partial charge in [-0.05, 0) is 36.1 Å². The van der Waals surface area contributed by atoms with Crippen LogP contribution in [0.1, 0.15) is 55.7 Å². The van der Waals surface area contributed by atoms with E-state index in [1.165, 1.54) is 50.0 Å². The van der Waals surface area contributed by atoms with Crippen molar-refractivity contribution >= 4 is 12.4 Å². The highest BCUT2D eigenvalue weighted by atomic mass is 19.1. The molecule has 0 aromatic heterocycles. The van der Waals surface area contributed by atoms with Gasteiger partial charge in [0.2, 0.25) is 0 Å². The van der Waals surface area contributed by atoms with Gasteiger partial charge in [0.25, 0.3) is 0 Å². The molecule has 0 aliphatic heterocycles. The second kappa shape index (κ2) is 12.6. The lowest BCUT2D eigenvalue weighted by atomic mass is 10.0. The molecule has 0 fully saturated rings. The average molecular weight is 398 g/mol. The van der Waals surface area contributed by atoms with Gasteiger partial charge < -0.3 is 4.74 Å². The van der Waals surface area contributed by atoms with E-state index in [0.717, 1.165) is 24.1 Å². The minimum atomic E-state index is -0.789. The Bertz CT molecular complexity index is 806. The van der Waals surface area contributed by atoms with Gasteiger partial charge in [0.15, 0.2) is 17.4 Å². The smallest absolute Gasteiger partial charge is 0.191 e. The molecule has 0 radical (unpaired) electrons. The predicted molar refractivity (Wildman–Crippen MR) is 116 cm³/mol. The first kappa shape index (κ1) is 22.5. The maximum absolute atomic E-state index is 13.9. The minimum absolute atomic E-state index is 0.0310. The molecule has 2 aromatic carbocycles. The van der Waals surface area contributed by atoms with Crippen LogP contribution in [0.3, 0.4) is 0 Å². The molecule has 0 saturated heterocycles. The molecule has 0 amide bonds. The number of aryl methyl sites for hydroxylation is 1. The molecule has 0 saturated carbocycles. The number of rotatable bonds is 12. The van der Waals surface area contributed by atoms with Crippen LogP contribution in [-0.2, 0) is 6.42 Å². The van der Waals surface area contributed by atoms with Crippen molar-refractivity contribution in [1.82, 2.24) is 0 Å². The van der Waals surface area contributed by atoms with E-state index >= 15 is 0 Å². The summed E-state index contributed by atoms with van der Waals surface area (Å²) < 4.78 is 32.8. The van der Waals surface area contributed by atoms with E-state index in [0.29, 0.717) is 0 Å². The summed E-state index contributed by atoms with van der Waals surface area (Å²) in [5, 5.41) is 7.81. The summed E-state index contributed by atoms with van der Waals surface area (Å²) in [6, 6.07) is 10.5. The molecule has 2 rings (SSSR count). The van der Waals surface area contributed by atoms with Crippen LogP contribution < -0.4 is 4.74 Å². The molecule has 154 valence electrons. The highest BCUT2D eigenvalue weighted by Gasteiger charge is 2.11. The number of unbranched alkanes of at least 4 members (excludes halogenated alkanes) is 4. The van der Waals surface area contributed by atoms with Crippen LogP contribution in [0.5, 0.6) is 5.75 Å². The Morgan fingerprint density at radius 1 is 0.897 bits per heavy atom. The molecule has 0 atom stereocenters. The quantitative estimate of drug-likeness (QED) is 0.174. The van der Waals surface area contributed by atoms with Crippen LogP contribution >= 0.6 is 0 Å². The first-order valence-corrected chi connectivity index (χ1v) is 10.0. The molecule has 0 unspecified atom stereocenters. The van der Waals surface area contributed by atoms with Gasteiger partial charge in [0.1, 0.15) is 6.61 Å². The van der Waals surface area contributed by atoms with Gasteiger partial charge in [-0.15, -0.1) is 0 Å². The number of halogens is 2. The molecular weight excluding hydrogens is 370 g/mol. The van der Waals surface area contributed by atoms with E-state index in [-0.39, 0.29) is 12.2 Å². The Balaban J connectivity index is 1.87. The van der Waals surface area contributed by atoms with E-state index in [1.807, 2.05) is 12.1 Å². The number of benzene rings is 2. The molecule has 0 N–H and O–H groups in total. The summed E-state index contributed by atoms with van der Waals surface area (Å²) in [5.74, 6) is -2.00. The summed E-state index contributed by atoms with van der Waals surface area (Å²) in [4.78, 5) is 0. The third-order valence-corrected chi connectivity index (χ3v) is 4.40. The number of nitrogens with zero attached hydrogens (tertiary/aromatic N) is 2. The van der Waals surface area contributed by atoms with Crippen molar-refractivity contribution in [2.24, 2.45) is 10.2 Å². The second-order valence-electron chi connectivity index (χ2n) is 6.81. The lowest BCUT2D eigenvalue weighted by molar-refractivity contribution is 0.321. The molecule has 0 bridgehead atoms. The van der Waals surface area contributed by atoms with Crippen LogP contribution in [0.4, 0.5) is 8.78 Å². The fourth-order valence-electron chi connectivity index (χ4n) is 2.84. The van der Waals surface area contributed by atoms with Crippen molar-refractivity contribution in [3.8, 4) is 5.75 Å². The highest BCUT2D eigenvalue weighted by molar-refractivity contribution is 5.82. The van der Waals surface area contributed by atoms with Crippen molar-refractivity contribution in [1.29, 1.82) is 0 Å². The maximum atomic E-state index is 13.9. The SMILES string of the molecule is C=CCOc1c(F)cc(C=NN=Cc2ccc(CCCCCCC)cc2)cc1F. The van der Waals surface area contributed by atoms with Crippen LogP contribution in [-0.4, -0.2) is 19.0 Å². The zero-order valence-corrected chi connectivity index (χ0v) is 16.9. The summed E-state index contributed by atoms with van der Waals surface area (Å²) in [6.45, 7) is 5.70. The maximum Gasteiger partial charge on any atom is 0.191 e. The second-order valence-corrected chi connectivity index (χ2v) is 6.81. The van der Waals surface area contributed by atoms with Gasteiger partial charge >= 0.3 is 0 Å². The standard InChI is InChI=1S/C24H28F2N2O/c1-3-5-6-7-8-9-19-10-12-20(13-11-19)17-27-28-18-21-15-22(25)24(23(26)16-21)29-14-4-2/h4,10-13,15-18H,2-3,5-9,14H2,1H3. The topological polar surface area (TPSA) is 34.0 Å². The monoisotopic (exact) mass is 398 g/mol. The zero-order valence-electron chi connectivity index (χ0n) is 16.9. The van der Waals surface area contributed by atoms with Gasteiger partial charge in [-0.2, -0.15) is 10.2 Å². The van der Waals surface area contributed by atoms with Gasteiger partial charge in [-0.25, -0.2) is 8.78 Å². The van der Waals surface area contributed by atoms with Crippen molar-refractivity contribution < 1.29 is 13.5 Å². The van der Waals surface area contributed by atoms with Crippen LogP contribution in [0.15, 0.2) is 59.3 Å². The summed E-state index contributed by atoms with van der Waals surface area (Å²) in [7, 11) is 0. The first-order valence-electron chi connectivity index (χ1n) is 10.0. The lowest BCUT2D eigenvalue weighted by Crippen LogP contribution is -2.00. The average Bonchev–Trinajstić information content (AvgIpc) is 2.71. The van der Waals surface area contributed by atoms with Crippen LogP contribution in [0.25, 0.3) is 0 Å². The van der Waals surface area contributed by atoms with Crippen molar-refractivity contribution in [2.45, 2.75) is 45.4 Å². The zero-order chi connectivity index (χ0) is 20.9. The normalized spacial score (nSPS) is 11.4. The molecular formula is C24H28F2N2O. The van der Waals surface area contributed by atoms with E-state index in [9.17, 15) is 8.78 Å². The Hall–Kier alpha value is -2.82. The molecule has 0 spiro atoms. The highest BCUT2D eigenvalue weighted by Crippen LogP contribution is 2.22. The molecule has 29 heavy (non-hydrogen) atoms. The van der Waals surface area contributed by atoms with Crippen molar-refractivity contribution in [3.63, 3.8) is 0 Å². The van der Waals surface area contributed by atoms with E-state index in [1.54, 1.807) is 6.21 Å². The number of hydrogen-bond donors (Lipinski definition) is 0. The van der Waals surface area contributed by atoms with Gasteiger partial charge in [0, 0.05) is 5.56 Å². The van der Waals surface area contributed by atoms with Crippen LogP contribution in [0.2, 0.25) is 0 Å². The van der Waals surface area contributed by atoms with Gasteiger partial charge in [0.05, 0.1) is 12.4 Å². The van der Waals surface area contributed by atoms with Crippen molar-refractivity contribution in [2.75, 3.05) is 6.61 Å². The fourth-order valence-corrected chi connectivity index (χ4v) is 2.84. The number of ether oxygens (including phenoxy) is 1. The van der Waals surface area contributed by atoms with E-state index < -0.39 is 17.4 Å². The largest absolute Gasteiger partial charge is 0.483 e. The van der Waals surface area contributed by atoms with Crippen molar-refractivity contribution in [3.05, 3.63) is 77.4 Å². The Morgan fingerprint density at radius 2 is 1.52 bits per heavy atom. The molecule has 0 aliphatic carbocycles. The molecule has 0 heterocycles. The van der Waals surface area contributed by atoms with Gasteiger partial charge in [-0.3, -0.25) is 0 Å². The minimum Gasteiger partial charge on any atom is -0.483 e. The first-order chi connectivity index (χ1) is 14.1. The van der Waals surface area contributed by atoms with Gasteiger partial charge in [-0.1, -0.05) is 69.5 Å². The van der Waals surface area contributed by atoms with E-state index in [2.05, 4.69) is 35.8 Å². The Kier molecular flexibility index (Phi) is 9.76. The third-order valence-electron chi connectivity index (χ3n) is 4.40.